The van der Waals surface area contributed by atoms with Gasteiger partial charge in [0, 0.05) is 35.2 Å². The molecule has 2 heterocycles. The standard InChI is InChI=1S/C13H11ClN2O3S/c14-20(18,19)10-7-12(17)16(8-10)11-5-1-3-9-4-2-6-15-13(9)11/h1-6,10H,7-8H2. The van der Waals surface area contributed by atoms with Gasteiger partial charge in [-0.05, 0) is 12.1 Å². The molecule has 5 nitrogen and oxygen atoms in total. The normalized spacial score (nSPS) is 19.8. The van der Waals surface area contributed by atoms with Crippen LogP contribution >= 0.6 is 10.7 Å². The summed E-state index contributed by atoms with van der Waals surface area (Å²) in [6, 6.07) is 9.17. The van der Waals surface area contributed by atoms with Gasteiger partial charge < -0.3 is 4.90 Å². The van der Waals surface area contributed by atoms with Crippen molar-refractivity contribution in [1.82, 2.24) is 4.98 Å². The van der Waals surface area contributed by atoms with Gasteiger partial charge in [0.1, 0.15) is 5.25 Å². The van der Waals surface area contributed by atoms with Crippen molar-refractivity contribution >= 4 is 42.2 Å². The van der Waals surface area contributed by atoms with Crippen LogP contribution in [0.1, 0.15) is 6.42 Å². The minimum Gasteiger partial charge on any atom is -0.309 e. The summed E-state index contributed by atoms with van der Waals surface area (Å²) in [6.45, 7) is 0.0698. The molecule has 2 aromatic rings. The predicted molar refractivity (Wildman–Crippen MR) is 77.3 cm³/mol. The first kappa shape index (κ1) is 13.3. The minimum atomic E-state index is -3.74. The molecule has 0 spiro atoms. The molecule has 1 saturated heterocycles. The quantitative estimate of drug-likeness (QED) is 0.795. The Balaban J connectivity index is 2.06. The van der Waals surface area contributed by atoms with E-state index in [0.717, 1.165) is 5.39 Å². The summed E-state index contributed by atoms with van der Waals surface area (Å²) in [4.78, 5) is 17.8. The highest BCUT2D eigenvalue weighted by molar-refractivity contribution is 8.14. The molecule has 0 radical (unpaired) electrons. The Labute approximate surface area is 120 Å². The van der Waals surface area contributed by atoms with Crippen molar-refractivity contribution < 1.29 is 13.2 Å². The van der Waals surface area contributed by atoms with Gasteiger partial charge in [0.25, 0.3) is 0 Å². The van der Waals surface area contributed by atoms with Gasteiger partial charge in [0.05, 0.1) is 11.2 Å². The van der Waals surface area contributed by atoms with Crippen LogP contribution in [0.4, 0.5) is 5.69 Å². The second-order valence-corrected chi connectivity index (χ2v) is 7.57. The molecule has 20 heavy (non-hydrogen) atoms. The molecule has 0 N–H and O–H groups in total. The monoisotopic (exact) mass is 310 g/mol. The lowest BCUT2D eigenvalue weighted by Gasteiger charge is -2.17. The lowest BCUT2D eigenvalue weighted by molar-refractivity contribution is -0.117. The molecule has 1 fully saturated rings. The molecule has 104 valence electrons. The molecule has 3 rings (SSSR count). The number of halogens is 1. The van der Waals surface area contributed by atoms with Crippen molar-refractivity contribution in [2.45, 2.75) is 11.7 Å². The van der Waals surface area contributed by atoms with E-state index >= 15 is 0 Å². The zero-order valence-corrected chi connectivity index (χ0v) is 11.9. The third-order valence-electron chi connectivity index (χ3n) is 3.39. The maximum atomic E-state index is 12.1. The van der Waals surface area contributed by atoms with Crippen LogP contribution in [-0.2, 0) is 13.8 Å². The van der Waals surface area contributed by atoms with Crippen molar-refractivity contribution in [2.24, 2.45) is 0 Å². The van der Waals surface area contributed by atoms with E-state index in [2.05, 4.69) is 4.98 Å². The number of rotatable bonds is 2. The summed E-state index contributed by atoms with van der Waals surface area (Å²) in [5.74, 6) is -0.252. The summed E-state index contributed by atoms with van der Waals surface area (Å²) >= 11 is 0. The third-order valence-corrected chi connectivity index (χ3v) is 5.26. The molecule has 0 saturated carbocycles. The molecular weight excluding hydrogens is 300 g/mol. The minimum absolute atomic E-state index is 0.0698. The van der Waals surface area contributed by atoms with E-state index in [1.165, 1.54) is 4.90 Å². The van der Waals surface area contributed by atoms with E-state index in [0.29, 0.717) is 11.2 Å². The average molecular weight is 311 g/mol. The van der Waals surface area contributed by atoms with Crippen LogP contribution in [0.15, 0.2) is 36.5 Å². The van der Waals surface area contributed by atoms with Crippen molar-refractivity contribution in [3.63, 3.8) is 0 Å². The van der Waals surface area contributed by atoms with Gasteiger partial charge >= 0.3 is 0 Å². The molecule has 1 aliphatic heterocycles. The average Bonchev–Trinajstić information content (AvgIpc) is 2.80. The van der Waals surface area contributed by atoms with Gasteiger partial charge in [-0.15, -0.1) is 0 Å². The van der Waals surface area contributed by atoms with Crippen molar-refractivity contribution in [1.29, 1.82) is 0 Å². The second-order valence-electron chi connectivity index (χ2n) is 4.66. The van der Waals surface area contributed by atoms with Crippen molar-refractivity contribution in [2.75, 3.05) is 11.4 Å². The van der Waals surface area contributed by atoms with Crippen LogP contribution in [0, 0.1) is 0 Å². The Morgan fingerprint density at radius 1 is 1.25 bits per heavy atom. The largest absolute Gasteiger partial charge is 0.309 e. The topological polar surface area (TPSA) is 67.3 Å². The Morgan fingerprint density at radius 2 is 2.00 bits per heavy atom. The van der Waals surface area contributed by atoms with Crippen LogP contribution < -0.4 is 4.90 Å². The van der Waals surface area contributed by atoms with E-state index in [-0.39, 0.29) is 18.9 Å². The van der Waals surface area contributed by atoms with Gasteiger partial charge in [-0.2, -0.15) is 0 Å². The lowest BCUT2D eigenvalue weighted by Crippen LogP contribution is -2.27. The second kappa shape index (κ2) is 4.71. The predicted octanol–water partition coefficient (Wildman–Crippen LogP) is 1.91. The van der Waals surface area contributed by atoms with E-state index < -0.39 is 14.3 Å². The Morgan fingerprint density at radius 3 is 2.70 bits per heavy atom. The summed E-state index contributed by atoms with van der Waals surface area (Å²) in [5, 5.41) is 0.0330. The zero-order valence-electron chi connectivity index (χ0n) is 10.4. The Bertz CT molecular complexity index is 786. The SMILES string of the molecule is O=C1CC(S(=O)(=O)Cl)CN1c1cccc2cccnc12. The fraction of sp³-hybridized carbons (Fsp3) is 0.231. The fourth-order valence-electron chi connectivity index (χ4n) is 2.40. The van der Waals surface area contributed by atoms with E-state index in [9.17, 15) is 13.2 Å². The van der Waals surface area contributed by atoms with Crippen LogP contribution in [0.25, 0.3) is 10.9 Å². The van der Waals surface area contributed by atoms with E-state index in [1.54, 1.807) is 12.3 Å². The number of aromatic nitrogens is 1. The van der Waals surface area contributed by atoms with Crippen molar-refractivity contribution in [3.05, 3.63) is 36.5 Å². The Kier molecular flexibility index (Phi) is 3.14. The number of pyridine rings is 1. The fourth-order valence-corrected chi connectivity index (χ4v) is 3.43. The number of anilines is 1. The van der Waals surface area contributed by atoms with Crippen LogP contribution in [0.5, 0.6) is 0 Å². The first-order chi connectivity index (χ1) is 9.47. The highest BCUT2D eigenvalue weighted by Crippen LogP contribution is 2.31. The molecule has 1 amide bonds. The summed E-state index contributed by atoms with van der Waals surface area (Å²) in [6.07, 6.45) is 1.55. The number of hydrogen-bond donors (Lipinski definition) is 0. The molecule has 1 aromatic heterocycles. The van der Waals surface area contributed by atoms with Gasteiger partial charge in [0.15, 0.2) is 0 Å². The number of amides is 1. The van der Waals surface area contributed by atoms with E-state index in [4.69, 9.17) is 10.7 Å². The summed E-state index contributed by atoms with van der Waals surface area (Å²) in [7, 11) is 1.61. The number of carbonyl (C=O) groups excluding carboxylic acids is 1. The molecule has 0 bridgehead atoms. The van der Waals surface area contributed by atoms with E-state index in [1.807, 2.05) is 24.3 Å². The molecule has 1 atom stereocenters. The maximum absolute atomic E-state index is 12.1. The molecule has 7 heteroatoms. The number of benzene rings is 1. The summed E-state index contributed by atoms with van der Waals surface area (Å²) in [5.41, 5.74) is 1.30. The van der Waals surface area contributed by atoms with Gasteiger partial charge in [-0.1, -0.05) is 18.2 Å². The lowest BCUT2D eigenvalue weighted by atomic mass is 10.2. The number of hydrogen-bond acceptors (Lipinski definition) is 4. The van der Waals surface area contributed by atoms with Crippen molar-refractivity contribution in [3.8, 4) is 0 Å². The molecule has 1 unspecified atom stereocenters. The van der Waals surface area contributed by atoms with Gasteiger partial charge in [-0.3, -0.25) is 9.78 Å². The van der Waals surface area contributed by atoms with Gasteiger partial charge in [-0.25, -0.2) is 8.42 Å². The van der Waals surface area contributed by atoms with Crippen LogP contribution in [0.3, 0.4) is 0 Å². The zero-order chi connectivity index (χ0) is 14.3. The first-order valence-electron chi connectivity index (χ1n) is 6.04. The number of carbonyl (C=O) groups is 1. The summed E-state index contributed by atoms with van der Waals surface area (Å²) < 4.78 is 22.8. The smallest absolute Gasteiger partial charge is 0.237 e. The van der Waals surface area contributed by atoms with Gasteiger partial charge in [0.2, 0.25) is 15.0 Å². The molecular formula is C13H11ClN2O3S. The maximum Gasteiger partial charge on any atom is 0.237 e. The number of para-hydroxylation sites is 1. The number of fused-ring (bicyclic) bond motifs is 1. The highest BCUT2D eigenvalue weighted by atomic mass is 35.7. The number of nitrogens with zero attached hydrogens (tertiary/aromatic N) is 2. The van der Waals surface area contributed by atoms with Crippen LogP contribution in [0.2, 0.25) is 0 Å². The first-order valence-corrected chi connectivity index (χ1v) is 8.41. The molecule has 1 aliphatic rings. The molecule has 1 aromatic carbocycles. The van der Waals surface area contributed by atoms with Crippen LogP contribution in [-0.4, -0.2) is 31.1 Å². The Hall–Kier alpha value is -1.66. The highest BCUT2D eigenvalue weighted by Gasteiger charge is 2.38. The third kappa shape index (κ3) is 2.25. The molecule has 0 aliphatic carbocycles.